The van der Waals surface area contributed by atoms with Gasteiger partial charge in [0.2, 0.25) is 0 Å². The molecule has 0 radical (unpaired) electrons. The first-order valence-corrected chi connectivity index (χ1v) is 8.83. The third-order valence-corrected chi connectivity index (χ3v) is 4.17. The fourth-order valence-electron chi connectivity index (χ4n) is 2.36. The largest absolute Gasteiger partial charge is 0.306 e. The number of carbonyl (C=O) groups excluding carboxylic acids is 1. The summed E-state index contributed by atoms with van der Waals surface area (Å²) in [6.45, 7) is 6.11. The van der Waals surface area contributed by atoms with Crippen LogP contribution in [-0.4, -0.2) is 20.7 Å². The second-order valence-corrected chi connectivity index (χ2v) is 7.79. The quantitative estimate of drug-likeness (QED) is 0.671. The van der Waals surface area contributed by atoms with E-state index < -0.39 is 11.7 Å². The van der Waals surface area contributed by atoms with Gasteiger partial charge in [0.25, 0.3) is 5.91 Å². The molecule has 3 rings (SSSR count). The van der Waals surface area contributed by atoms with Crippen molar-refractivity contribution < 1.29 is 9.18 Å². The molecule has 1 amide bonds. The number of amides is 1. The highest BCUT2D eigenvalue weighted by Gasteiger charge is 2.22. The number of hydrogen-bond donors (Lipinski definition) is 1. The standard InChI is InChI=1S/C19H18BrFN4O/c1-19(2,3)15-11-17(25(24-15)16-6-4-5-7-22-16)23-18(26)12-8-13(20)10-14(21)9-12/h4-11H,1-3H3,(H,23,26). The Hall–Kier alpha value is -2.54. The van der Waals surface area contributed by atoms with Crippen LogP contribution in [0.25, 0.3) is 5.82 Å². The van der Waals surface area contributed by atoms with Crippen molar-refractivity contribution in [2.24, 2.45) is 0 Å². The summed E-state index contributed by atoms with van der Waals surface area (Å²) >= 11 is 3.20. The van der Waals surface area contributed by atoms with Crippen LogP contribution >= 0.6 is 15.9 Å². The van der Waals surface area contributed by atoms with E-state index in [2.05, 4.69) is 31.3 Å². The first kappa shape index (κ1) is 18.3. The van der Waals surface area contributed by atoms with Gasteiger partial charge in [0.05, 0.1) is 5.69 Å². The molecule has 0 aliphatic rings. The Morgan fingerprint density at radius 1 is 1.19 bits per heavy atom. The van der Waals surface area contributed by atoms with Gasteiger partial charge in [0.15, 0.2) is 5.82 Å². The van der Waals surface area contributed by atoms with Crippen molar-refractivity contribution in [3.63, 3.8) is 0 Å². The summed E-state index contributed by atoms with van der Waals surface area (Å²) in [4.78, 5) is 16.9. The van der Waals surface area contributed by atoms with Gasteiger partial charge >= 0.3 is 0 Å². The van der Waals surface area contributed by atoms with Crippen LogP contribution in [0.1, 0.15) is 36.8 Å². The van der Waals surface area contributed by atoms with Crippen LogP contribution in [0.15, 0.2) is 53.1 Å². The Morgan fingerprint density at radius 2 is 1.96 bits per heavy atom. The molecule has 0 spiro atoms. The van der Waals surface area contributed by atoms with Gasteiger partial charge in [-0.15, -0.1) is 0 Å². The molecule has 0 aliphatic heterocycles. The summed E-state index contributed by atoms with van der Waals surface area (Å²) in [5, 5.41) is 7.40. The maximum atomic E-state index is 13.6. The second kappa shape index (κ2) is 6.99. The van der Waals surface area contributed by atoms with E-state index in [0.717, 1.165) is 5.69 Å². The number of nitrogens with one attached hydrogen (secondary N) is 1. The molecule has 134 valence electrons. The molecule has 0 aliphatic carbocycles. The highest BCUT2D eigenvalue weighted by atomic mass is 79.9. The third kappa shape index (κ3) is 3.99. The number of rotatable bonds is 3. The molecule has 0 unspecified atom stereocenters. The van der Waals surface area contributed by atoms with Gasteiger partial charge < -0.3 is 5.32 Å². The maximum Gasteiger partial charge on any atom is 0.256 e. The number of hydrogen-bond acceptors (Lipinski definition) is 3. The SMILES string of the molecule is CC(C)(C)c1cc(NC(=O)c2cc(F)cc(Br)c2)n(-c2ccccn2)n1. The summed E-state index contributed by atoms with van der Waals surface area (Å²) in [6, 6.07) is 11.3. The third-order valence-electron chi connectivity index (χ3n) is 3.71. The molecule has 0 fully saturated rings. The molecule has 1 aromatic carbocycles. The van der Waals surface area contributed by atoms with E-state index in [9.17, 15) is 9.18 Å². The average Bonchev–Trinajstić information content (AvgIpc) is 2.99. The van der Waals surface area contributed by atoms with Crippen molar-refractivity contribution in [3.8, 4) is 5.82 Å². The van der Waals surface area contributed by atoms with Crippen molar-refractivity contribution in [1.82, 2.24) is 14.8 Å². The first-order chi connectivity index (χ1) is 12.2. The fraction of sp³-hybridized carbons (Fsp3) is 0.211. The lowest BCUT2D eigenvalue weighted by atomic mass is 9.92. The Balaban J connectivity index is 2.01. The number of pyridine rings is 1. The topological polar surface area (TPSA) is 59.8 Å². The number of aromatic nitrogens is 3. The molecule has 7 heteroatoms. The number of halogens is 2. The highest BCUT2D eigenvalue weighted by Crippen LogP contribution is 2.26. The van der Waals surface area contributed by atoms with E-state index in [1.165, 1.54) is 12.1 Å². The molecule has 1 N–H and O–H groups in total. The summed E-state index contributed by atoms with van der Waals surface area (Å²) in [5.74, 6) is 0.138. The first-order valence-electron chi connectivity index (χ1n) is 8.03. The van der Waals surface area contributed by atoms with Gasteiger partial charge in [-0.1, -0.05) is 42.8 Å². The normalized spacial score (nSPS) is 11.4. The lowest BCUT2D eigenvalue weighted by molar-refractivity contribution is 0.102. The zero-order chi connectivity index (χ0) is 18.9. The van der Waals surface area contributed by atoms with Gasteiger partial charge in [0.1, 0.15) is 11.6 Å². The summed E-state index contributed by atoms with van der Waals surface area (Å²) in [7, 11) is 0. The number of benzene rings is 1. The van der Waals surface area contributed by atoms with Crippen LogP contribution < -0.4 is 5.32 Å². The fourth-order valence-corrected chi connectivity index (χ4v) is 2.83. The van der Waals surface area contributed by atoms with Crippen molar-refractivity contribution in [2.75, 3.05) is 5.32 Å². The van der Waals surface area contributed by atoms with Crippen LogP contribution in [0.3, 0.4) is 0 Å². The van der Waals surface area contributed by atoms with E-state index in [1.54, 1.807) is 35.1 Å². The van der Waals surface area contributed by atoms with Crippen LogP contribution in [-0.2, 0) is 5.41 Å². The van der Waals surface area contributed by atoms with Crippen molar-refractivity contribution >= 4 is 27.7 Å². The Morgan fingerprint density at radius 3 is 2.58 bits per heavy atom. The monoisotopic (exact) mass is 416 g/mol. The Bertz CT molecular complexity index is 928. The Kier molecular flexibility index (Phi) is 4.91. The van der Waals surface area contributed by atoms with Crippen LogP contribution in [0, 0.1) is 5.82 Å². The second-order valence-electron chi connectivity index (χ2n) is 6.88. The molecule has 0 bridgehead atoms. The Labute approximate surface area is 159 Å². The van der Waals surface area contributed by atoms with E-state index >= 15 is 0 Å². The number of carbonyl (C=O) groups is 1. The molecule has 0 atom stereocenters. The van der Waals surface area contributed by atoms with Crippen LogP contribution in [0.4, 0.5) is 10.2 Å². The van der Waals surface area contributed by atoms with Gasteiger partial charge in [-0.25, -0.2) is 9.37 Å². The maximum absolute atomic E-state index is 13.6. The summed E-state index contributed by atoms with van der Waals surface area (Å²) in [5.41, 5.74) is 0.809. The minimum Gasteiger partial charge on any atom is -0.306 e. The predicted octanol–water partition coefficient (Wildman–Crippen LogP) is 4.72. The van der Waals surface area contributed by atoms with Gasteiger partial charge in [0, 0.05) is 27.7 Å². The van der Waals surface area contributed by atoms with Crippen LogP contribution in [0.5, 0.6) is 0 Å². The molecular formula is C19H18BrFN4O. The zero-order valence-corrected chi connectivity index (χ0v) is 16.2. The van der Waals surface area contributed by atoms with Gasteiger partial charge in [-0.2, -0.15) is 9.78 Å². The highest BCUT2D eigenvalue weighted by molar-refractivity contribution is 9.10. The molecule has 3 aromatic rings. The van der Waals surface area contributed by atoms with E-state index in [0.29, 0.717) is 16.1 Å². The predicted molar refractivity (Wildman–Crippen MR) is 102 cm³/mol. The van der Waals surface area contributed by atoms with Crippen LogP contribution in [0.2, 0.25) is 0 Å². The summed E-state index contributed by atoms with van der Waals surface area (Å²) in [6.07, 6.45) is 1.66. The molecule has 5 nitrogen and oxygen atoms in total. The van der Waals surface area contributed by atoms with E-state index in [1.807, 2.05) is 26.8 Å². The molecule has 0 saturated carbocycles. The smallest absolute Gasteiger partial charge is 0.256 e. The van der Waals surface area contributed by atoms with Gasteiger partial charge in [-0.3, -0.25) is 4.79 Å². The molecule has 2 heterocycles. The average molecular weight is 417 g/mol. The molecule has 0 saturated heterocycles. The molecular weight excluding hydrogens is 399 g/mol. The van der Waals surface area contributed by atoms with Gasteiger partial charge in [-0.05, 0) is 30.3 Å². The molecule has 26 heavy (non-hydrogen) atoms. The van der Waals surface area contributed by atoms with E-state index in [-0.39, 0.29) is 11.0 Å². The number of nitrogens with zero attached hydrogens (tertiary/aromatic N) is 3. The number of anilines is 1. The zero-order valence-electron chi connectivity index (χ0n) is 14.6. The van der Waals surface area contributed by atoms with Crippen molar-refractivity contribution in [1.29, 1.82) is 0 Å². The minimum absolute atomic E-state index is 0.207. The van der Waals surface area contributed by atoms with E-state index in [4.69, 9.17) is 0 Å². The lowest BCUT2D eigenvalue weighted by Crippen LogP contribution is -2.16. The van der Waals surface area contributed by atoms with Crippen molar-refractivity contribution in [2.45, 2.75) is 26.2 Å². The lowest BCUT2D eigenvalue weighted by Gasteiger charge is -2.13. The minimum atomic E-state index is -0.488. The van der Waals surface area contributed by atoms with Crippen molar-refractivity contribution in [3.05, 3.63) is 70.2 Å². The summed E-state index contributed by atoms with van der Waals surface area (Å²) < 4.78 is 15.7. The molecule has 2 aromatic heterocycles.